The van der Waals surface area contributed by atoms with Gasteiger partial charge in [0.1, 0.15) is 22.9 Å². The summed E-state index contributed by atoms with van der Waals surface area (Å²) < 4.78 is 11.2. The number of hydrogen-bond donors (Lipinski definition) is 2. The maximum absolute atomic E-state index is 10.5. The third kappa shape index (κ3) is 2.73. The monoisotopic (exact) mass is 310 g/mol. The van der Waals surface area contributed by atoms with Gasteiger partial charge in [-0.1, -0.05) is 18.2 Å². The number of aryl methyl sites for hydroxylation is 1. The predicted octanol–water partition coefficient (Wildman–Crippen LogP) is 4.20. The minimum Gasteiger partial charge on any atom is -0.507 e. The van der Waals surface area contributed by atoms with Crippen LogP contribution in [0.1, 0.15) is 11.3 Å². The highest BCUT2D eigenvalue weighted by Crippen LogP contribution is 2.41. The molecule has 0 fully saturated rings. The summed E-state index contributed by atoms with van der Waals surface area (Å²) in [6.07, 6.45) is 0. The summed E-state index contributed by atoms with van der Waals surface area (Å²) in [5.41, 5.74) is 2.61. The standard InChI is InChI=1S/C18H18N2O3/c1-11-15(22-3)10-9-14(17(11)21)16-18(12(2)19-20-16)23-13-7-5-4-6-8-13/h4-10,21H,1-3H3,(H,19,20). The van der Waals surface area contributed by atoms with Crippen molar-refractivity contribution >= 4 is 0 Å². The van der Waals surface area contributed by atoms with Crippen molar-refractivity contribution in [1.29, 1.82) is 0 Å². The lowest BCUT2D eigenvalue weighted by atomic mass is 10.0. The Balaban J connectivity index is 2.07. The average molecular weight is 310 g/mol. The van der Waals surface area contributed by atoms with E-state index in [9.17, 15) is 5.11 Å². The zero-order chi connectivity index (χ0) is 16.4. The van der Waals surface area contributed by atoms with Crippen LogP contribution in [0.5, 0.6) is 23.0 Å². The molecule has 0 spiro atoms. The van der Waals surface area contributed by atoms with Crippen LogP contribution >= 0.6 is 0 Å². The van der Waals surface area contributed by atoms with E-state index in [1.807, 2.05) is 37.3 Å². The summed E-state index contributed by atoms with van der Waals surface area (Å²) in [5.74, 6) is 2.07. The molecule has 23 heavy (non-hydrogen) atoms. The first-order chi connectivity index (χ1) is 11.1. The fourth-order valence-corrected chi connectivity index (χ4v) is 2.43. The normalized spacial score (nSPS) is 10.6. The van der Waals surface area contributed by atoms with E-state index in [0.29, 0.717) is 34.1 Å². The zero-order valence-electron chi connectivity index (χ0n) is 13.3. The van der Waals surface area contributed by atoms with Crippen molar-refractivity contribution in [1.82, 2.24) is 10.2 Å². The Morgan fingerprint density at radius 2 is 1.78 bits per heavy atom. The molecular formula is C18H18N2O3. The molecule has 2 N–H and O–H groups in total. The molecule has 3 rings (SSSR count). The van der Waals surface area contributed by atoms with Crippen LogP contribution in [0, 0.1) is 13.8 Å². The number of rotatable bonds is 4. The summed E-state index contributed by atoms with van der Waals surface area (Å²) in [7, 11) is 1.57. The van der Waals surface area contributed by atoms with E-state index >= 15 is 0 Å². The number of hydrogen-bond acceptors (Lipinski definition) is 4. The van der Waals surface area contributed by atoms with E-state index in [2.05, 4.69) is 10.2 Å². The number of nitrogens with one attached hydrogen (secondary N) is 1. The molecule has 0 radical (unpaired) electrons. The Morgan fingerprint density at radius 3 is 2.48 bits per heavy atom. The molecule has 118 valence electrons. The molecule has 0 aliphatic rings. The topological polar surface area (TPSA) is 67.4 Å². The van der Waals surface area contributed by atoms with Crippen LogP contribution in [0.25, 0.3) is 11.3 Å². The molecule has 0 bridgehead atoms. The molecule has 0 aliphatic carbocycles. The van der Waals surface area contributed by atoms with Gasteiger partial charge in [-0.05, 0) is 38.1 Å². The lowest BCUT2D eigenvalue weighted by Gasteiger charge is -2.11. The van der Waals surface area contributed by atoms with Crippen molar-refractivity contribution < 1.29 is 14.6 Å². The van der Waals surface area contributed by atoms with Crippen molar-refractivity contribution in [2.24, 2.45) is 0 Å². The minimum atomic E-state index is 0.133. The number of phenolic OH excluding ortho intramolecular Hbond substituents is 1. The quantitative estimate of drug-likeness (QED) is 0.758. The molecule has 0 amide bonds. The third-order valence-corrected chi connectivity index (χ3v) is 3.71. The zero-order valence-corrected chi connectivity index (χ0v) is 13.3. The summed E-state index contributed by atoms with van der Waals surface area (Å²) in [6.45, 7) is 3.68. The number of phenols is 1. The highest BCUT2D eigenvalue weighted by atomic mass is 16.5. The average Bonchev–Trinajstić information content (AvgIpc) is 2.92. The number of H-pyrrole nitrogens is 1. The molecule has 0 atom stereocenters. The van der Waals surface area contributed by atoms with Gasteiger partial charge in [0.2, 0.25) is 0 Å². The molecule has 3 aromatic rings. The number of aromatic amines is 1. The number of ether oxygens (including phenoxy) is 2. The van der Waals surface area contributed by atoms with Crippen LogP contribution < -0.4 is 9.47 Å². The van der Waals surface area contributed by atoms with Gasteiger partial charge in [-0.2, -0.15) is 5.10 Å². The summed E-state index contributed by atoms with van der Waals surface area (Å²) in [5, 5.41) is 17.7. The van der Waals surface area contributed by atoms with Gasteiger partial charge in [0, 0.05) is 11.1 Å². The van der Waals surface area contributed by atoms with Crippen molar-refractivity contribution in [3.05, 3.63) is 53.7 Å². The second-order valence-corrected chi connectivity index (χ2v) is 5.23. The Kier molecular flexibility index (Phi) is 3.93. The maximum Gasteiger partial charge on any atom is 0.176 e. The molecule has 0 saturated heterocycles. The SMILES string of the molecule is COc1ccc(-c2n[nH]c(C)c2Oc2ccccc2)c(O)c1C. The highest BCUT2D eigenvalue weighted by molar-refractivity contribution is 5.76. The van der Waals surface area contributed by atoms with E-state index in [4.69, 9.17) is 9.47 Å². The molecule has 5 heteroatoms. The molecule has 0 aliphatic heterocycles. The van der Waals surface area contributed by atoms with Crippen LogP contribution in [0.2, 0.25) is 0 Å². The van der Waals surface area contributed by atoms with Gasteiger partial charge in [0.15, 0.2) is 5.75 Å². The largest absolute Gasteiger partial charge is 0.507 e. The molecule has 0 unspecified atom stereocenters. The predicted molar refractivity (Wildman–Crippen MR) is 88.2 cm³/mol. The summed E-state index contributed by atoms with van der Waals surface area (Å²) in [4.78, 5) is 0. The van der Waals surface area contributed by atoms with Crippen LogP contribution in [0.3, 0.4) is 0 Å². The van der Waals surface area contributed by atoms with Crippen molar-refractivity contribution in [2.45, 2.75) is 13.8 Å². The van der Waals surface area contributed by atoms with Crippen LogP contribution in [0.15, 0.2) is 42.5 Å². The van der Waals surface area contributed by atoms with Crippen molar-refractivity contribution in [3.63, 3.8) is 0 Å². The van der Waals surface area contributed by atoms with Crippen LogP contribution in [-0.2, 0) is 0 Å². The Morgan fingerprint density at radius 1 is 1.04 bits per heavy atom. The molecule has 1 heterocycles. The first-order valence-corrected chi connectivity index (χ1v) is 7.26. The van der Waals surface area contributed by atoms with E-state index in [-0.39, 0.29) is 5.75 Å². The Labute approximate surface area is 134 Å². The number of benzene rings is 2. The van der Waals surface area contributed by atoms with Gasteiger partial charge in [0.05, 0.1) is 12.8 Å². The van der Waals surface area contributed by atoms with Gasteiger partial charge in [-0.15, -0.1) is 0 Å². The fraction of sp³-hybridized carbons (Fsp3) is 0.167. The van der Waals surface area contributed by atoms with Crippen molar-refractivity contribution in [3.8, 4) is 34.3 Å². The lowest BCUT2D eigenvalue weighted by Crippen LogP contribution is -1.92. The van der Waals surface area contributed by atoms with E-state index in [1.54, 1.807) is 26.2 Å². The summed E-state index contributed by atoms with van der Waals surface area (Å²) >= 11 is 0. The third-order valence-electron chi connectivity index (χ3n) is 3.71. The molecular weight excluding hydrogens is 292 g/mol. The second kappa shape index (κ2) is 6.04. The van der Waals surface area contributed by atoms with E-state index in [1.165, 1.54) is 0 Å². The molecule has 1 aromatic heterocycles. The Bertz CT molecular complexity index is 826. The van der Waals surface area contributed by atoms with Gasteiger partial charge >= 0.3 is 0 Å². The van der Waals surface area contributed by atoms with Gasteiger partial charge in [0.25, 0.3) is 0 Å². The molecule has 0 saturated carbocycles. The second-order valence-electron chi connectivity index (χ2n) is 5.23. The molecule has 2 aromatic carbocycles. The van der Waals surface area contributed by atoms with Gasteiger partial charge in [-0.25, -0.2) is 0 Å². The number of nitrogens with zero attached hydrogens (tertiary/aromatic N) is 1. The van der Waals surface area contributed by atoms with E-state index in [0.717, 1.165) is 5.69 Å². The first-order valence-electron chi connectivity index (χ1n) is 7.26. The fourth-order valence-electron chi connectivity index (χ4n) is 2.43. The maximum atomic E-state index is 10.5. The lowest BCUT2D eigenvalue weighted by molar-refractivity contribution is 0.403. The van der Waals surface area contributed by atoms with Gasteiger partial charge < -0.3 is 14.6 Å². The highest BCUT2D eigenvalue weighted by Gasteiger charge is 2.20. The minimum absolute atomic E-state index is 0.133. The molecule has 5 nitrogen and oxygen atoms in total. The summed E-state index contributed by atoms with van der Waals surface area (Å²) in [6, 6.07) is 13.0. The number of methoxy groups -OCH3 is 1. The number of aromatic hydroxyl groups is 1. The van der Waals surface area contributed by atoms with Crippen molar-refractivity contribution in [2.75, 3.05) is 7.11 Å². The number of aromatic nitrogens is 2. The Hall–Kier alpha value is -2.95. The van der Waals surface area contributed by atoms with Crippen LogP contribution in [-0.4, -0.2) is 22.4 Å². The first kappa shape index (κ1) is 15.0. The number of para-hydroxylation sites is 1. The smallest absolute Gasteiger partial charge is 0.176 e. The van der Waals surface area contributed by atoms with Crippen LogP contribution in [0.4, 0.5) is 0 Å². The van der Waals surface area contributed by atoms with E-state index < -0.39 is 0 Å². The van der Waals surface area contributed by atoms with Gasteiger partial charge in [-0.3, -0.25) is 5.10 Å².